The van der Waals surface area contributed by atoms with Crippen LogP contribution in [0.15, 0.2) is 21.2 Å². The Balaban J connectivity index is 1.83. The third-order valence-electron chi connectivity index (χ3n) is 5.03. The van der Waals surface area contributed by atoms with Gasteiger partial charge in [0.2, 0.25) is 10.0 Å². The van der Waals surface area contributed by atoms with Crippen LogP contribution >= 0.6 is 11.3 Å². The number of sulfonamides is 2. The zero-order valence-electron chi connectivity index (χ0n) is 16.5. The second kappa shape index (κ2) is 7.86. The molecule has 0 unspecified atom stereocenters. The molecule has 156 valence electrons. The number of hydrogen-bond donors (Lipinski definition) is 0. The third kappa shape index (κ3) is 3.78. The van der Waals surface area contributed by atoms with Gasteiger partial charge in [0.1, 0.15) is 9.10 Å². The average molecular weight is 447 g/mol. The maximum atomic E-state index is 13.2. The van der Waals surface area contributed by atoms with Crippen molar-refractivity contribution in [3.63, 3.8) is 0 Å². The van der Waals surface area contributed by atoms with Crippen LogP contribution in [0.1, 0.15) is 29.6 Å². The average Bonchev–Trinajstić information content (AvgIpc) is 3.10. The first-order valence-corrected chi connectivity index (χ1v) is 12.9. The van der Waals surface area contributed by atoms with Crippen molar-refractivity contribution in [2.45, 2.75) is 42.7 Å². The third-order valence-corrected chi connectivity index (χ3v) is 10.8. The molecule has 1 saturated heterocycles. The van der Waals surface area contributed by atoms with Gasteiger partial charge in [0.05, 0.1) is 11.4 Å². The molecule has 11 heteroatoms. The lowest BCUT2D eigenvalue weighted by atomic mass is 10.4. The van der Waals surface area contributed by atoms with Gasteiger partial charge in [0, 0.05) is 38.1 Å². The van der Waals surface area contributed by atoms with E-state index in [1.165, 1.54) is 19.9 Å². The summed E-state index contributed by atoms with van der Waals surface area (Å²) in [7, 11) is -5.62. The molecule has 2 aromatic heterocycles. The van der Waals surface area contributed by atoms with E-state index in [4.69, 9.17) is 0 Å². The first-order valence-electron chi connectivity index (χ1n) is 9.18. The normalized spacial score (nSPS) is 17.7. The van der Waals surface area contributed by atoms with Crippen molar-refractivity contribution in [1.82, 2.24) is 18.4 Å². The van der Waals surface area contributed by atoms with E-state index in [-0.39, 0.29) is 24.5 Å². The predicted molar refractivity (Wildman–Crippen MR) is 109 cm³/mol. The van der Waals surface area contributed by atoms with E-state index in [1.807, 2.05) is 13.0 Å². The molecule has 8 nitrogen and oxygen atoms in total. The van der Waals surface area contributed by atoms with Crippen LogP contribution in [-0.2, 0) is 33.5 Å². The van der Waals surface area contributed by atoms with Gasteiger partial charge >= 0.3 is 0 Å². The fraction of sp³-hybridized carbons (Fsp3) is 0.588. The first kappa shape index (κ1) is 21.4. The monoisotopic (exact) mass is 446 g/mol. The zero-order valence-corrected chi connectivity index (χ0v) is 19.0. The molecule has 28 heavy (non-hydrogen) atoms. The number of nitrogens with zero attached hydrogens (tertiary/aromatic N) is 4. The summed E-state index contributed by atoms with van der Waals surface area (Å²) in [6.07, 6.45) is 1.23. The topological polar surface area (TPSA) is 92.6 Å². The fourth-order valence-electron chi connectivity index (χ4n) is 3.42. The standard InChI is InChI=1S/C17H26N4O4S3/c1-5-15-7-8-16(26-15)27(22,23)20-9-6-10-21(12-11-20)28(24,25)17-13(2)18-19(4)14(17)3/h7-8H,5-6,9-12H2,1-4H3. The number of thiophene rings is 1. The highest BCUT2D eigenvalue weighted by Gasteiger charge is 2.34. The highest BCUT2D eigenvalue weighted by molar-refractivity contribution is 7.91. The molecule has 1 fully saturated rings. The van der Waals surface area contributed by atoms with E-state index in [9.17, 15) is 16.8 Å². The summed E-state index contributed by atoms with van der Waals surface area (Å²) in [4.78, 5) is 1.23. The lowest BCUT2D eigenvalue weighted by Crippen LogP contribution is -2.37. The molecule has 0 spiro atoms. The van der Waals surface area contributed by atoms with E-state index in [0.29, 0.717) is 28.6 Å². The van der Waals surface area contributed by atoms with Crippen molar-refractivity contribution in [1.29, 1.82) is 0 Å². The van der Waals surface area contributed by atoms with Crippen LogP contribution in [0.2, 0.25) is 0 Å². The van der Waals surface area contributed by atoms with E-state index < -0.39 is 20.0 Å². The highest BCUT2D eigenvalue weighted by Crippen LogP contribution is 2.28. The number of aryl methyl sites for hydroxylation is 3. The number of hydrogen-bond acceptors (Lipinski definition) is 6. The quantitative estimate of drug-likeness (QED) is 0.698. The second-order valence-corrected chi connectivity index (χ2v) is 12.1. The van der Waals surface area contributed by atoms with Gasteiger partial charge in [-0.15, -0.1) is 11.3 Å². The largest absolute Gasteiger partial charge is 0.271 e. The molecule has 0 bridgehead atoms. The minimum atomic E-state index is -3.73. The summed E-state index contributed by atoms with van der Waals surface area (Å²) < 4.78 is 56.9. The zero-order chi connectivity index (χ0) is 20.7. The summed E-state index contributed by atoms with van der Waals surface area (Å²) in [5, 5.41) is 4.21. The maximum absolute atomic E-state index is 13.2. The molecule has 0 saturated carbocycles. The van der Waals surface area contributed by atoms with Crippen molar-refractivity contribution in [2.75, 3.05) is 26.2 Å². The van der Waals surface area contributed by atoms with Gasteiger partial charge in [-0.25, -0.2) is 16.8 Å². The molecule has 0 aromatic carbocycles. The molecule has 0 radical (unpaired) electrons. The van der Waals surface area contributed by atoms with Crippen molar-refractivity contribution >= 4 is 31.4 Å². The minimum Gasteiger partial charge on any atom is -0.271 e. The lowest BCUT2D eigenvalue weighted by molar-refractivity contribution is 0.405. The Bertz CT molecular complexity index is 1070. The molecular formula is C17H26N4O4S3. The highest BCUT2D eigenvalue weighted by atomic mass is 32.2. The number of aromatic nitrogens is 2. The van der Waals surface area contributed by atoms with Gasteiger partial charge in [-0.3, -0.25) is 4.68 Å². The Labute approximate surface area is 170 Å². The summed E-state index contributed by atoms with van der Waals surface area (Å²) in [5.74, 6) is 0. The molecule has 0 amide bonds. The summed E-state index contributed by atoms with van der Waals surface area (Å²) >= 11 is 1.28. The Hall–Kier alpha value is -1.27. The van der Waals surface area contributed by atoms with Crippen LogP contribution in [0.4, 0.5) is 0 Å². The Morgan fingerprint density at radius 1 is 1.00 bits per heavy atom. The smallest absolute Gasteiger partial charge is 0.252 e. The van der Waals surface area contributed by atoms with E-state index in [0.717, 1.165) is 11.3 Å². The fourth-order valence-corrected chi connectivity index (χ4v) is 8.21. The van der Waals surface area contributed by atoms with Crippen molar-refractivity contribution in [2.24, 2.45) is 7.05 Å². The van der Waals surface area contributed by atoms with Crippen LogP contribution in [0.5, 0.6) is 0 Å². The Kier molecular flexibility index (Phi) is 6.02. The molecule has 3 rings (SSSR count). The van der Waals surface area contributed by atoms with Crippen LogP contribution in [0.3, 0.4) is 0 Å². The molecule has 1 aliphatic heterocycles. The Morgan fingerprint density at radius 2 is 1.61 bits per heavy atom. The maximum Gasteiger partial charge on any atom is 0.252 e. The molecule has 0 N–H and O–H groups in total. The molecule has 0 aliphatic carbocycles. The van der Waals surface area contributed by atoms with Crippen molar-refractivity contribution in [3.8, 4) is 0 Å². The summed E-state index contributed by atoms with van der Waals surface area (Å²) in [6, 6.07) is 3.47. The van der Waals surface area contributed by atoms with Gasteiger partial charge < -0.3 is 0 Å². The molecule has 3 heterocycles. The van der Waals surface area contributed by atoms with E-state index in [2.05, 4.69) is 5.10 Å². The second-order valence-electron chi connectivity index (χ2n) is 6.86. The number of rotatable bonds is 5. The van der Waals surface area contributed by atoms with Crippen LogP contribution in [0, 0.1) is 13.8 Å². The van der Waals surface area contributed by atoms with Crippen molar-refractivity contribution in [3.05, 3.63) is 28.4 Å². The molecule has 2 aromatic rings. The van der Waals surface area contributed by atoms with Gasteiger partial charge in [-0.1, -0.05) is 6.92 Å². The lowest BCUT2D eigenvalue weighted by Gasteiger charge is -2.21. The predicted octanol–water partition coefficient (Wildman–Crippen LogP) is 1.75. The summed E-state index contributed by atoms with van der Waals surface area (Å²) in [5.41, 5.74) is 1.04. The summed E-state index contributed by atoms with van der Waals surface area (Å²) in [6.45, 7) is 6.24. The van der Waals surface area contributed by atoms with E-state index in [1.54, 1.807) is 31.6 Å². The molecule has 1 aliphatic rings. The van der Waals surface area contributed by atoms with Crippen molar-refractivity contribution < 1.29 is 16.8 Å². The Morgan fingerprint density at radius 3 is 2.11 bits per heavy atom. The van der Waals surface area contributed by atoms with Crippen LogP contribution in [0.25, 0.3) is 0 Å². The SMILES string of the molecule is CCc1ccc(S(=O)(=O)N2CCCN(S(=O)(=O)c3c(C)nn(C)c3C)CC2)s1. The minimum absolute atomic E-state index is 0.126. The first-order chi connectivity index (χ1) is 13.1. The molecular weight excluding hydrogens is 420 g/mol. The van der Waals surface area contributed by atoms with Crippen LogP contribution in [-0.4, -0.2) is 61.4 Å². The molecule has 0 atom stereocenters. The van der Waals surface area contributed by atoms with Gasteiger partial charge in [0.25, 0.3) is 10.0 Å². The van der Waals surface area contributed by atoms with Gasteiger partial charge in [0.15, 0.2) is 0 Å². The van der Waals surface area contributed by atoms with Gasteiger partial charge in [-0.2, -0.15) is 13.7 Å². The van der Waals surface area contributed by atoms with Crippen LogP contribution < -0.4 is 0 Å². The van der Waals surface area contributed by atoms with E-state index >= 15 is 0 Å². The van der Waals surface area contributed by atoms with Gasteiger partial charge in [-0.05, 0) is 38.8 Å².